The average Bonchev–Trinajstić information content (AvgIpc) is 3.24. The Bertz CT molecular complexity index is 545. The summed E-state index contributed by atoms with van der Waals surface area (Å²) in [5.74, 6) is 0.608. The summed E-state index contributed by atoms with van der Waals surface area (Å²) in [5.41, 5.74) is -0.831. The van der Waals surface area contributed by atoms with Crippen LogP contribution in [0.3, 0.4) is 0 Å². The van der Waals surface area contributed by atoms with Crippen molar-refractivity contribution in [3.63, 3.8) is 0 Å². The number of halogens is 3. The minimum absolute atomic E-state index is 0.206. The molecule has 1 aliphatic heterocycles. The van der Waals surface area contributed by atoms with Crippen LogP contribution >= 0.6 is 11.3 Å². The fraction of sp³-hybridized carbons (Fsp3) is 0.733. The fourth-order valence-electron chi connectivity index (χ4n) is 2.24. The molecule has 0 amide bonds. The second kappa shape index (κ2) is 9.93. The molecule has 25 heavy (non-hydrogen) atoms. The molecule has 2 rings (SSSR count). The van der Waals surface area contributed by atoms with Gasteiger partial charge in [0.25, 0.3) is 0 Å². The van der Waals surface area contributed by atoms with E-state index in [1.54, 1.807) is 7.05 Å². The van der Waals surface area contributed by atoms with E-state index in [1.807, 2.05) is 0 Å². The van der Waals surface area contributed by atoms with E-state index < -0.39 is 11.9 Å². The zero-order valence-electron chi connectivity index (χ0n) is 14.1. The van der Waals surface area contributed by atoms with Gasteiger partial charge in [-0.3, -0.25) is 4.99 Å². The first-order valence-electron chi connectivity index (χ1n) is 8.14. The highest BCUT2D eigenvalue weighted by Crippen LogP contribution is 2.29. The number of thiazole rings is 1. The highest BCUT2D eigenvalue weighted by Gasteiger charge is 2.33. The molecule has 10 heteroatoms. The molecule has 1 aromatic rings. The Kier molecular flexibility index (Phi) is 7.91. The van der Waals surface area contributed by atoms with E-state index >= 15 is 0 Å². The molecule has 0 aliphatic carbocycles. The Morgan fingerprint density at radius 1 is 1.44 bits per heavy atom. The average molecular weight is 380 g/mol. The van der Waals surface area contributed by atoms with Gasteiger partial charge in [-0.2, -0.15) is 13.2 Å². The van der Waals surface area contributed by atoms with E-state index in [4.69, 9.17) is 9.47 Å². The van der Waals surface area contributed by atoms with Crippen LogP contribution < -0.4 is 10.6 Å². The summed E-state index contributed by atoms with van der Waals surface area (Å²) in [7, 11) is 1.65. The Hall–Kier alpha value is -1.39. The number of nitrogens with zero attached hydrogens (tertiary/aromatic N) is 2. The molecule has 1 saturated heterocycles. The second-order valence-corrected chi connectivity index (χ2v) is 6.45. The molecule has 0 radical (unpaired) electrons. The summed E-state index contributed by atoms with van der Waals surface area (Å²) in [5, 5.41) is 7.69. The van der Waals surface area contributed by atoms with Crippen molar-refractivity contribution in [2.45, 2.75) is 31.5 Å². The van der Waals surface area contributed by atoms with Gasteiger partial charge in [-0.05, 0) is 12.8 Å². The normalized spacial score (nSPS) is 18.6. The summed E-state index contributed by atoms with van der Waals surface area (Å²) in [6.45, 7) is 3.24. The van der Waals surface area contributed by atoms with Crippen LogP contribution in [0.2, 0.25) is 0 Å². The minimum Gasteiger partial charge on any atom is -0.379 e. The van der Waals surface area contributed by atoms with Gasteiger partial charge in [0.1, 0.15) is 0 Å². The Balaban J connectivity index is 1.57. The number of guanidine groups is 1. The SMILES string of the molecule is CN=C(NCCCOC1CCOC1)NCCc1nc(C(F)(F)F)cs1. The van der Waals surface area contributed by atoms with Crippen molar-refractivity contribution in [3.05, 3.63) is 16.1 Å². The summed E-state index contributed by atoms with van der Waals surface area (Å²) in [6, 6.07) is 0. The topological polar surface area (TPSA) is 67.8 Å². The van der Waals surface area contributed by atoms with Gasteiger partial charge in [0.05, 0.1) is 17.7 Å². The Morgan fingerprint density at radius 3 is 2.88 bits per heavy atom. The lowest BCUT2D eigenvalue weighted by Crippen LogP contribution is -2.39. The van der Waals surface area contributed by atoms with Crippen molar-refractivity contribution in [2.75, 3.05) is 40.0 Å². The number of hydrogen-bond acceptors (Lipinski definition) is 5. The quantitative estimate of drug-likeness (QED) is 0.411. The summed E-state index contributed by atoms with van der Waals surface area (Å²) in [6.07, 6.45) is -1.99. The predicted octanol–water partition coefficient (Wildman–Crippen LogP) is 2.06. The largest absolute Gasteiger partial charge is 0.434 e. The van der Waals surface area contributed by atoms with Gasteiger partial charge in [0.15, 0.2) is 11.7 Å². The standard InChI is InChI=1S/C15H23F3N4O2S/c1-19-14(20-5-2-7-24-11-4-8-23-9-11)21-6-3-13-22-12(10-25-13)15(16,17)18/h10-11H,2-9H2,1H3,(H2,19,20,21). The smallest absolute Gasteiger partial charge is 0.379 e. The number of rotatable bonds is 8. The van der Waals surface area contributed by atoms with E-state index in [1.165, 1.54) is 0 Å². The maximum absolute atomic E-state index is 12.5. The van der Waals surface area contributed by atoms with E-state index in [0.717, 1.165) is 36.2 Å². The third kappa shape index (κ3) is 7.17. The number of alkyl halides is 3. The first-order valence-corrected chi connectivity index (χ1v) is 9.02. The Labute approximate surface area is 148 Å². The lowest BCUT2D eigenvalue weighted by atomic mass is 10.3. The number of hydrogen-bond donors (Lipinski definition) is 2. The molecule has 1 unspecified atom stereocenters. The van der Waals surface area contributed by atoms with Crippen molar-refractivity contribution in [1.82, 2.24) is 15.6 Å². The summed E-state index contributed by atoms with van der Waals surface area (Å²) in [4.78, 5) is 7.67. The van der Waals surface area contributed by atoms with E-state index in [9.17, 15) is 13.2 Å². The van der Waals surface area contributed by atoms with Crippen LogP contribution in [0.15, 0.2) is 10.4 Å². The molecule has 1 aliphatic rings. The van der Waals surface area contributed by atoms with E-state index in [0.29, 0.717) is 43.7 Å². The molecular formula is C15H23F3N4O2S. The van der Waals surface area contributed by atoms with Gasteiger partial charge in [-0.1, -0.05) is 0 Å². The number of aliphatic imine (C=N–C) groups is 1. The molecule has 0 saturated carbocycles. The second-order valence-electron chi connectivity index (χ2n) is 5.51. The molecule has 6 nitrogen and oxygen atoms in total. The van der Waals surface area contributed by atoms with E-state index in [2.05, 4.69) is 20.6 Å². The minimum atomic E-state index is -4.38. The zero-order chi connectivity index (χ0) is 18.1. The molecule has 2 N–H and O–H groups in total. The molecule has 1 fully saturated rings. The van der Waals surface area contributed by atoms with Crippen LogP contribution in [0, 0.1) is 0 Å². The van der Waals surface area contributed by atoms with Crippen LogP contribution in [-0.2, 0) is 22.1 Å². The lowest BCUT2D eigenvalue weighted by molar-refractivity contribution is -0.140. The maximum atomic E-state index is 12.5. The highest BCUT2D eigenvalue weighted by molar-refractivity contribution is 7.09. The molecule has 0 aromatic carbocycles. The first-order chi connectivity index (χ1) is 12.0. The van der Waals surface area contributed by atoms with Crippen LogP contribution in [0.1, 0.15) is 23.5 Å². The third-order valence-electron chi connectivity index (χ3n) is 3.55. The van der Waals surface area contributed by atoms with Crippen LogP contribution in [0.5, 0.6) is 0 Å². The van der Waals surface area contributed by atoms with Crippen molar-refractivity contribution in [2.24, 2.45) is 4.99 Å². The van der Waals surface area contributed by atoms with Gasteiger partial charge in [-0.15, -0.1) is 11.3 Å². The van der Waals surface area contributed by atoms with Crippen molar-refractivity contribution in [1.29, 1.82) is 0 Å². The van der Waals surface area contributed by atoms with Gasteiger partial charge >= 0.3 is 6.18 Å². The number of nitrogens with one attached hydrogen (secondary N) is 2. The van der Waals surface area contributed by atoms with Gasteiger partial charge in [0.2, 0.25) is 0 Å². The Morgan fingerprint density at radius 2 is 2.24 bits per heavy atom. The van der Waals surface area contributed by atoms with Crippen LogP contribution in [0.25, 0.3) is 0 Å². The van der Waals surface area contributed by atoms with Crippen molar-refractivity contribution in [3.8, 4) is 0 Å². The highest BCUT2D eigenvalue weighted by atomic mass is 32.1. The fourth-order valence-corrected chi connectivity index (χ4v) is 3.04. The molecule has 0 bridgehead atoms. The molecule has 1 atom stereocenters. The van der Waals surface area contributed by atoms with Crippen molar-refractivity contribution >= 4 is 17.3 Å². The molecular weight excluding hydrogens is 357 g/mol. The first kappa shape index (κ1) is 19.9. The monoisotopic (exact) mass is 380 g/mol. The zero-order valence-corrected chi connectivity index (χ0v) is 14.9. The van der Waals surface area contributed by atoms with Crippen LogP contribution in [0.4, 0.5) is 13.2 Å². The van der Waals surface area contributed by atoms with Gasteiger partial charge in [-0.25, -0.2) is 4.98 Å². The summed E-state index contributed by atoms with van der Waals surface area (Å²) < 4.78 is 48.4. The molecule has 2 heterocycles. The van der Waals surface area contributed by atoms with E-state index in [-0.39, 0.29) is 6.10 Å². The molecule has 142 valence electrons. The lowest BCUT2D eigenvalue weighted by Gasteiger charge is -2.12. The molecule has 0 spiro atoms. The van der Waals surface area contributed by atoms with Gasteiger partial charge < -0.3 is 20.1 Å². The maximum Gasteiger partial charge on any atom is 0.434 e. The predicted molar refractivity (Wildman–Crippen MR) is 90.0 cm³/mol. The molecule has 1 aromatic heterocycles. The summed E-state index contributed by atoms with van der Waals surface area (Å²) >= 11 is 1.01. The van der Waals surface area contributed by atoms with Crippen molar-refractivity contribution < 1.29 is 22.6 Å². The number of aromatic nitrogens is 1. The number of ether oxygens (including phenoxy) is 2. The van der Waals surface area contributed by atoms with Crippen LogP contribution in [-0.4, -0.2) is 57.0 Å². The van der Waals surface area contributed by atoms with Gasteiger partial charge in [0, 0.05) is 45.2 Å². The third-order valence-corrected chi connectivity index (χ3v) is 4.46.